The fourth-order valence-corrected chi connectivity index (χ4v) is 3.67. The summed E-state index contributed by atoms with van der Waals surface area (Å²) in [7, 11) is 0. The van der Waals surface area contributed by atoms with Crippen LogP contribution in [0.5, 0.6) is 0 Å². The van der Waals surface area contributed by atoms with Crippen molar-refractivity contribution in [2.45, 2.75) is 5.92 Å². The van der Waals surface area contributed by atoms with Crippen LogP contribution in [-0.4, -0.2) is 78.4 Å². The quantitative estimate of drug-likeness (QED) is 0.306. The standard InChI is InChI=1S/C25H31NO7/c27-10-12-30-14-16-32-18-17-31-15-13-29-11-9-26-25(28)33-19-24-22-7-3-1-5-20(22)21-6-2-4-8-23(21)24/h1-8,10,24H,9,11-19H2,(H,26,28). The van der Waals surface area contributed by atoms with Gasteiger partial charge in [0.15, 0.2) is 0 Å². The molecule has 0 saturated carbocycles. The third-order valence-electron chi connectivity index (χ3n) is 5.16. The second-order valence-corrected chi connectivity index (χ2v) is 7.33. The average Bonchev–Trinajstić information content (AvgIpc) is 3.16. The van der Waals surface area contributed by atoms with E-state index in [-0.39, 0.29) is 12.5 Å². The van der Waals surface area contributed by atoms with Crippen LogP contribution in [0.2, 0.25) is 0 Å². The van der Waals surface area contributed by atoms with E-state index in [9.17, 15) is 9.59 Å². The molecule has 0 radical (unpaired) electrons. The molecule has 8 heteroatoms. The van der Waals surface area contributed by atoms with Crippen LogP contribution in [0.3, 0.4) is 0 Å². The average molecular weight is 458 g/mol. The molecule has 8 nitrogen and oxygen atoms in total. The van der Waals surface area contributed by atoms with Gasteiger partial charge in [0.1, 0.15) is 19.5 Å². The number of fused-ring (bicyclic) bond motifs is 3. The summed E-state index contributed by atoms with van der Waals surface area (Å²) in [6.45, 7) is 3.70. The molecule has 0 aromatic heterocycles. The van der Waals surface area contributed by atoms with Gasteiger partial charge in [-0.25, -0.2) is 4.79 Å². The first-order valence-electron chi connectivity index (χ1n) is 11.1. The highest BCUT2D eigenvalue weighted by atomic mass is 16.6. The van der Waals surface area contributed by atoms with Gasteiger partial charge in [-0.3, -0.25) is 0 Å². The van der Waals surface area contributed by atoms with Gasteiger partial charge in [-0.2, -0.15) is 0 Å². The lowest BCUT2D eigenvalue weighted by Gasteiger charge is -2.14. The van der Waals surface area contributed by atoms with Crippen molar-refractivity contribution in [1.29, 1.82) is 0 Å². The maximum atomic E-state index is 12.1. The number of ether oxygens (including phenoxy) is 5. The lowest BCUT2D eigenvalue weighted by molar-refractivity contribution is -0.112. The zero-order valence-corrected chi connectivity index (χ0v) is 18.7. The molecular weight excluding hydrogens is 426 g/mol. The summed E-state index contributed by atoms with van der Waals surface area (Å²) in [4.78, 5) is 22.2. The van der Waals surface area contributed by atoms with E-state index in [0.29, 0.717) is 65.7 Å². The lowest BCUT2D eigenvalue weighted by Crippen LogP contribution is -2.29. The Labute approximate surface area is 194 Å². The van der Waals surface area contributed by atoms with Crippen molar-refractivity contribution < 1.29 is 33.3 Å². The van der Waals surface area contributed by atoms with Crippen LogP contribution in [-0.2, 0) is 28.5 Å². The number of carbonyl (C=O) groups excluding carboxylic acids is 2. The molecule has 1 amide bonds. The molecular formula is C25H31NO7. The minimum Gasteiger partial charge on any atom is -0.449 e. The van der Waals surface area contributed by atoms with E-state index in [1.807, 2.05) is 24.3 Å². The second-order valence-electron chi connectivity index (χ2n) is 7.33. The number of nitrogens with one attached hydrogen (secondary N) is 1. The van der Waals surface area contributed by atoms with Crippen LogP contribution in [0.1, 0.15) is 17.0 Å². The number of amides is 1. The minimum atomic E-state index is -0.453. The smallest absolute Gasteiger partial charge is 0.407 e. The van der Waals surface area contributed by atoms with E-state index in [1.54, 1.807) is 0 Å². The summed E-state index contributed by atoms with van der Waals surface area (Å²) in [5, 5.41) is 2.71. The lowest BCUT2D eigenvalue weighted by atomic mass is 9.98. The van der Waals surface area contributed by atoms with Gasteiger partial charge in [-0.05, 0) is 22.3 Å². The highest BCUT2D eigenvalue weighted by Gasteiger charge is 2.28. The maximum Gasteiger partial charge on any atom is 0.407 e. The van der Waals surface area contributed by atoms with Gasteiger partial charge in [-0.1, -0.05) is 48.5 Å². The summed E-state index contributed by atoms with van der Waals surface area (Å²) in [5.41, 5.74) is 4.78. The van der Waals surface area contributed by atoms with Crippen molar-refractivity contribution in [3.63, 3.8) is 0 Å². The molecule has 0 saturated heterocycles. The van der Waals surface area contributed by atoms with Crippen LogP contribution in [0.15, 0.2) is 48.5 Å². The predicted octanol–water partition coefficient (Wildman–Crippen LogP) is 2.79. The second kappa shape index (κ2) is 14.4. The number of alkyl carbamates (subject to hydrolysis) is 1. The molecule has 0 spiro atoms. The highest BCUT2D eigenvalue weighted by Crippen LogP contribution is 2.44. The fourth-order valence-electron chi connectivity index (χ4n) is 3.67. The summed E-state index contributed by atoms with van der Waals surface area (Å²) in [5.74, 6) is 0.0457. The number of hydrogen-bond donors (Lipinski definition) is 1. The summed E-state index contributed by atoms with van der Waals surface area (Å²) < 4.78 is 26.5. The van der Waals surface area contributed by atoms with Crippen LogP contribution in [0.4, 0.5) is 4.79 Å². The van der Waals surface area contributed by atoms with E-state index < -0.39 is 6.09 Å². The van der Waals surface area contributed by atoms with Crippen molar-refractivity contribution in [1.82, 2.24) is 5.32 Å². The van der Waals surface area contributed by atoms with Crippen molar-refractivity contribution in [2.75, 3.05) is 66.0 Å². The normalized spacial score (nSPS) is 12.2. The van der Waals surface area contributed by atoms with Crippen LogP contribution in [0, 0.1) is 0 Å². The number of rotatable bonds is 16. The topological polar surface area (TPSA) is 92.3 Å². The van der Waals surface area contributed by atoms with E-state index in [4.69, 9.17) is 23.7 Å². The van der Waals surface area contributed by atoms with Gasteiger partial charge in [-0.15, -0.1) is 0 Å². The van der Waals surface area contributed by atoms with E-state index in [2.05, 4.69) is 29.6 Å². The van der Waals surface area contributed by atoms with Crippen molar-refractivity contribution in [2.24, 2.45) is 0 Å². The van der Waals surface area contributed by atoms with Crippen LogP contribution >= 0.6 is 0 Å². The Morgan fingerprint density at radius 2 is 1.27 bits per heavy atom. The molecule has 0 bridgehead atoms. The van der Waals surface area contributed by atoms with Crippen molar-refractivity contribution in [3.05, 3.63) is 59.7 Å². The number of hydrogen-bond acceptors (Lipinski definition) is 7. The monoisotopic (exact) mass is 457 g/mol. The number of carbonyl (C=O) groups is 2. The molecule has 0 atom stereocenters. The molecule has 0 heterocycles. The molecule has 0 unspecified atom stereocenters. The number of aldehydes is 1. The van der Waals surface area contributed by atoms with Crippen LogP contribution < -0.4 is 5.32 Å². The van der Waals surface area contributed by atoms with E-state index in [0.717, 1.165) is 0 Å². The van der Waals surface area contributed by atoms with Crippen molar-refractivity contribution >= 4 is 12.4 Å². The summed E-state index contributed by atoms with van der Waals surface area (Å²) in [6, 6.07) is 16.5. The largest absolute Gasteiger partial charge is 0.449 e. The Morgan fingerprint density at radius 3 is 1.85 bits per heavy atom. The molecule has 0 aliphatic heterocycles. The minimum absolute atomic E-state index is 0.0457. The molecule has 1 aliphatic rings. The Bertz CT molecular complexity index is 828. The van der Waals surface area contributed by atoms with Gasteiger partial charge in [0, 0.05) is 12.5 Å². The highest BCUT2D eigenvalue weighted by molar-refractivity contribution is 5.79. The molecule has 3 rings (SSSR count). The van der Waals surface area contributed by atoms with Gasteiger partial charge >= 0.3 is 6.09 Å². The summed E-state index contributed by atoms with van der Waals surface area (Å²) >= 11 is 0. The van der Waals surface area contributed by atoms with Gasteiger partial charge in [0.05, 0.1) is 46.2 Å². The molecule has 33 heavy (non-hydrogen) atoms. The Morgan fingerprint density at radius 1 is 0.758 bits per heavy atom. The third-order valence-corrected chi connectivity index (χ3v) is 5.16. The maximum absolute atomic E-state index is 12.1. The molecule has 0 fully saturated rings. The Hall–Kier alpha value is -2.78. The summed E-state index contributed by atoms with van der Waals surface area (Å²) in [6.07, 6.45) is 0.252. The Balaban J connectivity index is 1.21. The molecule has 1 aliphatic carbocycles. The SMILES string of the molecule is O=CCOCCOCCOCCOCCNC(=O)OCC1c2ccccc2-c2ccccc21. The molecule has 178 valence electrons. The first kappa shape index (κ1) is 24.9. The van der Waals surface area contributed by atoms with Crippen molar-refractivity contribution in [3.8, 4) is 11.1 Å². The zero-order valence-electron chi connectivity index (χ0n) is 18.7. The van der Waals surface area contributed by atoms with E-state index in [1.165, 1.54) is 22.3 Å². The molecule has 2 aromatic rings. The fraction of sp³-hybridized carbons (Fsp3) is 0.440. The van der Waals surface area contributed by atoms with Gasteiger partial charge in [0.25, 0.3) is 0 Å². The molecule has 2 aromatic carbocycles. The first-order chi connectivity index (χ1) is 16.3. The molecule has 1 N–H and O–H groups in total. The zero-order chi connectivity index (χ0) is 23.1. The van der Waals surface area contributed by atoms with Gasteiger partial charge < -0.3 is 33.8 Å². The van der Waals surface area contributed by atoms with Crippen LogP contribution in [0.25, 0.3) is 11.1 Å². The Kier molecular flexibility index (Phi) is 10.8. The third kappa shape index (κ3) is 7.94. The first-order valence-corrected chi connectivity index (χ1v) is 11.1. The number of benzene rings is 2. The van der Waals surface area contributed by atoms with Gasteiger partial charge in [0.2, 0.25) is 0 Å². The predicted molar refractivity (Wildman–Crippen MR) is 122 cm³/mol. The van der Waals surface area contributed by atoms with E-state index >= 15 is 0 Å².